The summed E-state index contributed by atoms with van der Waals surface area (Å²) in [7, 11) is 0. The van der Waals surface area contributed by atoms with Crippen LogP contribution in [-0.2, 0) is 6.61 Å². The Morgan fingerprint density at radius 2 is 1.73 bits per heavy atom. The van der Waals surface area contributed by atoms with Crippen LogP contribution in [0, 0.1) is 0 Å². The highest BCUT2D eigenvalue weighted by molar-refractivity contribution is 5.95. The smallest absolute Gasteiger partial charge is 0.271 e. The van der Waals surface area contributed by atoms with Crippen molar-refractivity contribution in [2.75, 3.05) is 6.61 Å². The molecular weight excluding hydrogens is 376 g/mol. The number of hydrogen-bond acceptors (Lipinski definition) is 4. The van der Waals surface area contributed by atoms with Gasteiger partial charge in [-0.05, 0) is 53.9 Å². The summed E-state index contributed by atoms with van der Waals surface area (Å²) in [5, 5.41) is 4.05. The van der Waals surface area contributed by atoms with Crippen molar-refractivity contribution in [1.82, 2.24) is 5.43 Å². The van der Waals surface area contributed by atoms with Crippen molar-refractivity contribution >= 4 is 12.1 Å². The van der Waals surface area contributed by atoms with E-state index in [-0.39, 0.29) is 5.91 Å². The number of rotatable bonds is 10. The molecular formula is C25H26N2O3. The first-order valence-electron chi connectivity index (χ1n) is 10.1. The van der Waals surface area contributed by atoms with E-state index in [1.165, 1.54) is 0 Å². The van der Waals surface area contributed by atoms with Crippen molar-refractivity contribution in [1.29, 1.82) is 0 Å². The number of ether oxygens (including phenoxy) is 2. The van der Waals surface area contributed by atoms with Crippen molar-refractivity contribution in [3.05, 3.63) is 95.6 Å². The number of benzene rings is 3. The molecule has 0 saturated heterocycles. The summed E-state index contributed by atoms with van der Waals surface area (Å²) in [6.45, 7) is 3.29. The fourth-order valence-electron chi connectivity index (χ4n) is 2.69. The average Bonchev–Trinajstić information content (AvgIpc) is 2.79. The second kappa shape index (κ2) is 11.4. The van der Waals surface area contributed by atoms with Crippen LogP contribution in [0.1, 0.15) is 41.3 Å². The van der Waals surface area contributed by atoms with Gasteiger partial charge in [-0.25, -0.2) is 5.43 Å². The Bertz CT molecular complexity index is 954. The normalized spacial score (nSPS) is 10.7. The summed E-state index contributed by atoms with van der Waals surface area (Å²) in [5.41, 5.74) is 5.00. The number of nitrogens with zero attached hydrogens (tertiary/aromatic N) is 1. The van der Waals surface area contributed by atoms with E-state index < -0.39 is 0 Å². The largest absolute Gasteiger partial charge is 0.494 e. The first-order valence-corrected chi connectivity index (χ1v) is 10.1. The average molecular weight is 402 g/mol. The molecule has 0 aliphatic rings. The molecule has 0 saturated carbocycles. The molecule has 5 heteroatoms. The minimum atomic E-state index is -0.275. The SMILES string of the molecule is CCCCOc1ccc(C(=O)NN=Cc2cccc(OCc3ccccc3)c2)cc1. The van der Waals surface area contributed by atoms with Gasteiger partial charge in [0.05, 0.1) is 12.8 Å². The lowest BCUT2D eigenvalue weighted by Gasteiger charge is -2.07. The number of nitrogens with one attached hydrogen (secondary N) is 1. The third-order valence-corrected chi connectivity index (χ3v) is 4.37. The standard InChI is InChI=1S/C25H26N2O3/c1-2-3-16-29-23-14-12-22(13-15-23)25(28)27-26-18-21-10-7-11-24(17-21)30-19-20-8-5-4-6-9-20/h4-15,17-18H,2-3,16,19H2,1H3,(H,27,28). The molecule has 3 aromatic rings. The Morgan fingerprint density at radius 1 is 0.933 bits per heavy atom. The quantitative estimate of drug-likeness (QED) is 0.288. The number of hydrazone groups is 1. The molecule has 5 nitrogen and oxygen atoms in total. The molecule has 0 radical (unpaired) electrons. The maximum absolute atomic E-state index is 12.2. The first-order chi connectivity index (χ1) is 14.7. The Labute approximate surface area is 177 Å². The zero-order chi connectivity index (χ0) is 21.0. The number of carbonyl (C=O) groups excluding carboxylic acids is 1. The van der Waals surface area contributed by atoms with E-state index in [4.69, 9.17) is 9.47 Å². The molecule has 0 spiro atoms. The second-order valence-electron chi connectivity index (χ2n) is 6.77. The third-order valence-electron chi connectivity index (χ3n) is 4.37. The Balaban J connectivity index is 1.50. The van der Waals surface area contributed by atoms with Crippen molar-refractivity contribution in [2.45, 2.75) is 26.4 Å². The lowest BCUT2D eigenvalue weighted by Crippen LogP contribution is -2.17. The van der Waals surface area contributed by atoms with Crippen LogP contribution in [0.3, 0.4) is 0 Å². The molecule has 0 aromatic heterocycles. The fraction of sp³-hybridized carbons (Fsp3) is 0.200. The molecule has 0 unspecified atom stereocenters. The summed E-state index contributed by atoms with van der Waals surface area (Å²) < 4.78 is 11.4. The van der Waals surface area contributed by atoms with Gasteiger partial charge < -0.3 is 9.47 Å². The summed E-state index contributed by atoms with van der Waals surface area (Å²) in [6.07, 6.45) is 3.69. The van der Waals surface area contributed by atoms with E-state index in [1.807, 2.05) is 54.6 Å². The van der Waals surface area contributed by atoms with Crippen molar-refractivity contribution in [2.24, 2.45) is 5.10 Å². The van der Waals surface area contributed by atoms with Gasteiger partial charge in [0.2, 0.25) is 0 Å². The lowest BCUT2D eigenvalue weighted by atomic mass is 10.2. The molecule has 154 valence electrons. The number of unbranched alkanes of at least 4 members (excludes halogenated alkanes) is 1. The van der Waals surface area contributed by atoms with Gasteiger partial charge in [0.1, 0.15) is 18.1 Å². The molecule has 0 atom stereocenters. The molecule has 0 aliphatic heterocycles. The predicted octanol–water partition coefficient (Wildman–Crippen LogP) is 5.21. The van der Waals surface area contributed by atoms with Gasteiger partial charge in [-0.1, -0.05) is 55.8 Å². The molecule has 1 N–H and O–H groups in total. The van der Waals surface area contributed by atoms with Gasteiger partial charge in [0.15, 0.2) is 0 Å². The maximum atomic E-state index is 12.2. The van der Waals surface area contributed by atoms with Crippen LogP contribution >= 0.6 is 0 Å². The van der Waals surface area contributed by atoms with Crippen LogP contribution in [-0.4, -0.2) is 18.7 Å². The molecule has 0 aliphatic carbocycles. The monoisotopic (exact) mass is 402 g/mol. The van der Waals surface area contributed by atoms with Crippen LogP contribution in [0.15, 0.2) is 84.0 Å². The Hall–Kier alpha value is -3.60. The summed E-state index contributed by atoms with van der Waals surface area (Å²) in [6, 6.07) is 24.6. The minimum Gasteiger partial charge on any atom is -0.494 e. The van der Waals surface area contributed by atoms with Crippen molar-refractivity contribution in [3.8, 4) is 11.5 Å². The molecule has 0 bridgehead atoms. The van der Waals surface area contributed by atoms with Gasteiger partial charge >= 0.3 is 0 Å². The van der Waals surface area contributed by atoms with E-state index in [1.54, 1.807) is 30.5 Å². The van der Waals surface area contributed by atoms with Gasteiger partial charge in [-0.3, -0.25) is 4.79 Å². The van der Waals surface area contributed by atoms with E-state index in [9.17, 15) is 4.79 Å². The van der Waals surface area contributed by atoms with Crippen LogP contribution in [0.2, 0.25) is 0 Å². The van der Waals surface area contributed by atoms with Crippen LogP contribution in [0.25, 0.3) is 0 Å². The Kier molecular flexibility index (Phi) is 8.03. The van der Waals surface area contributed by atoms with E-state index in [2.05, 4.69) is 17.5 Å². The predicted molar refractivity (Wildman–Crippen MR) is 119 cm³/mol. The molecule has 3 aromatic carbocycles. The zero-order valence-electron chi connectivity index (χ0n) is 17.1. The highest BCUT2D eigenvalue weighted by atomic mass is 16.5. The lowest BCUT2D eigenvalue weighted by molar-refractivity contribution is 0.0955. The molecule has 1 amide bonds. The van der Waals surface area contributed by atoms with Crippen LogP contribution in [0.4, 0.5) is 0 Å². The highest BCUT2D eigenvalue weighted by Crippen LogP contribution is 2.15. The summed E-state index contributed by atoms with van der Waals surface area (Å²) >= 11 is 0. The van der Waals surface area contributed by atoms with Crippen molar-refractivity contribution < 1.29 is 14.3 Å². The van der Waals surface area contributed by atoms with Gasteiger partial charge in [0, 0.05) is 5.56 Å². The molecule has 0 heterocycles. The Morgan fingerprint density at radius 3 is 2.50 bits per heavy atom. The highest BCUT2D eigenvalue weighted by Gasteiger charge is 2.04. The number of carbonyl (C=O) groups is 1. The maximum Gasteiger partial charge on any atom is 0.271 e. The van der Waals surface area contributed by atoms with E-state index in [0.717, 1.165) is 35.5 Å². The summed E-state index contributed by atoms with van der Waals surface area (Å²) in [4.78, 5) is 12.2. The van der Waals surface area contributed by atoms with Gasteiger partial charge in [-0.15, -0.1) is 0 Å². The topological polar surface area (TPSA) is 59.9 Å². The molecule has 0 fully saturated rings. The minimum absolute atomic E-state index is 0.275. The van der Waals surface area contributed by atoms with Crippen LogP contribution < -0.4 is 14.9 Å². The third kappa shape index (κ3) is 6.78. The van der Waals surface area contributed by atoms with Crippen LogP contribution in [0.5, 0.6) is 11.5 Å². The second-order valence-corrected chi connectivity index (χ2v) is 6.77. The van der Waals surface area contributed by atoms with E-state index in [0.29, 0.717) is 18.8 Å². The first kappa shape index (κ1) is 21.1. The molecule has 30 heavy (non-hydrogen) atoms. The van der Waals surface area contributed by atoms with Gasteiger partial charge in [-0.2, -0.15) is 5.10 Å². The zero-order valence-corrected chi connectivity index (χ0v) is 17.1. The molecule has 3 rings (SSSR count). The van der Waals surface area contributed by atoms with Gasteiger partial charge in [0.25, 0.3) is 5.91 Å². The fourth-order valence-corrected chi connectivity index (χ4v) is 2.69. The summed E-state index contributed by atoms with van der Waals surface area (Å²) in [5.74, 6) is 1.23. The number of hydrogen-bond donors (Lipinski definition) is 1. The number of amides is 1. The van der Waals surface area contributed by atoms with Crippen molar-refractivity contribution in [3.63, 3.8) is 0 Å². The van der Waals surface area contributed by atoms with E-state index >= 15 is 0 Å².